The van der Waals surface area contributed by atoms with Crippen LogP contribution in [0.1, 0.15) is 11.3 Å². The number of furan rings is 1. The lowest BCUT2D eigenvalue weighted by Crippen LogP contribution is -1.94. The summed E-state index contributed by atoms with van der Waals surface area (Å²) < 4.78 is 26.1. The van der Waals surface area contributed by atoms with Crippen molar-refractivity contribution >= 4 is 22.6 Å². The van der Waals surface area contributed by atoms with Gasteiger partial charge < -0.3 is 9.15 Å². The third-order valence-corrected chi connectivity index (χ3v) is 4.32. The van der Waals surface area contributed by atoms with Crippen molar-refractivity contribution in [2.24, 2.45) is 0 Å². The van der Waals surface area contributed by atoms with Gasteiger partial charge in [0.1, 0.15) is 12.4 Å². The molecule has 3 rings (SSSR count). The summed E-state index contributed by atoms with van der Waals surface area (Å²) in [5, 5.41) is 0. The van der Waals surface area contributed by atoms with Crippen molar-refractivity contribution in [3.8, 4) is 11.3 Å². The monoisotopic (exact) mass is 408 g/mol. The summed E-state index contributed by atoms with van der Waals surface area (Å²) in [5.41, 5.74) is 1.81. The number of ether oxygens (including phenoxy) is 1. The molecule has 0 bridgehead atoms. The van der Waals surface area contributed by atoms with Gasteiger partial charge in [-0.3, -0.25) is 0 Å². The topological polar surface area (TPSA) is 22.4 Å². The van der Waals surface area contributed by atoms with E-state index in [9.17, 15) is 4.39 Å². The van der Waals surface area contributed by atoms with Crippen LogP contribution >= 0.6 is 22.6 Å². The highest BCUT2D eigenvalue weighted by molar-refractivity contribution is 14.1. The maximum Gasteiger partial charge on any atom is 0.183 e. The first-order valence-electron chi connectivity index (χ1n) is 6.89. The van der Waals surface area contributed by atoms with Crippen LogP contribution in [0.3, 0.4) is 0 Å². The van der Waals surface area contributed by atoms with Crippen LogP contribution < -0.4 is 0 Å². The Kier molecular flexibility index (Phi) is 4.90. The molecule has 0 atom stereocenters. The van der Waals surface area contributed by atoms with Gasteiger partial charge in [-0.25, -0.2) is 4.39 Å². The molecule has 0 saturated carbocycles. The van der Waals surface area contributed by atoms with Crippen LogP contribution in [0, 0.1) is 9.39 Å². The maximum atomic E-state index is 14.3. The molecule has 0 radical (unpaired) electrons. The van der Waals surface area contributed by atoms with Crippen molar-refractivity contribution in [3.05, 3.63) is 81.4 Å². The molecule has 0 fully saturated rings. The van der Waals surface area contributed by atoms with Crippen molar-refractivity contribution in [1.29, 1.82) is 0 Å². The van der Waals surface area contributed by atoms with Gasteiger partial charge in [0.25, 0.3) is 0 Å². The zero-order chi connectivity index (χ0) is 15.4. The summed E-state index contributed by atoms with van der Waals surface area (Å²) in [6.45, 7) is 0.719. The second-order valence-electron chi connectivity index (χ2n) is 4.83. The molecule has 112 valence electrons. The molecule has 0 N–H and O–H groups in total. The van der Waals surface area contributed by atoms with E-state index in [1.807, 2.05) is 83.3 Å². The Hall–Kier alpha value is -1.66. The lowest BCUT2D eigenvalue weighted by Gasteiger charge is -2.02. The highest BCUT2D eigenvalue weighted by Crippen LogP contribution is 2.31. The van der Waals surface area contributed by atoms with E-state index in [4.69, 9.17) is 9.15 Å². The van der Waals surface area contributed by atoms with E-state index in [1.165, 1.54) is 0 Å². The van der Waals surface area contributed by atoms with Crippen LogP contribution in [-0.2, 0) is 18.0 Å². The lowest BCUT2D eigenvalue weighted by atomic mass is 10.2. The molecular formula is C18H14FIO2. The van der Waals surface area contributed by atoms with E-state index in [1.54, 1.807) is 0 Å². The number of hydrogen-bond donors (Lipinski definition) is 0. The molecule has 0 amide bonds. The minimum atomic E-state index is -0.329. The quantitative estimate of drug-likeness (QED) is 0.527. The van der Waals surface area contributed by atoms with Gasteiger partial charge >= 0.3 is 0 Å². The third-order valence-electron chi connectivity index (χ3n) is 3.24. The van der Waals surface area contributed by atoms with E-state index >= 15 is 0 Å². The van der Waals surface area contributed by atoms with Gasteiger partial charge in [0, 0.05) is 5.56 Å². The van der Waals surface area contributed by atoms with E-state index in [-0.39, 0.29) is 18.2 Å². The smallest absolute Gasteiger partial charge is 0.183 e. The molecule has 2 nitrogen and oxygen atoms in total. The highest BCUT2D eigenvalue weighted by Gasteiger charge is 2.19. The van der Waals surface area contributed by atoms with Gasteiger partial charge in [-0.2, -0.15) is 0 Å². The molecule has 2 aromatic carbocycles. The van der Waals surface area contributed by atoms with Gasteiger partial charge in [0.2, 0.25) is 0 Å². The normalized spacial score (nSPS) is 10.8. The molecule has 0 aliphatic carbocycles. The first-order chi connectivity index (χ1) is 10.8. The van der Waals surface area contributed by atoms with E-state index in [0.29, 0.717) is 15.9 Å². The summed E-state index contributed by atoms with van der Waals surface area (Å²) in [6, 6.07) is 19.1. The summed E-state index contributed by atoms with van der Waals surface area (Å²) >= 11 is 1.96. The zero-order valence-corrected chi connectivity index (χ0v) is 13.9. The first-order valence-corrected chi connectivity index (χ1v) is 7.97. The second-order valence-corrected chi connectivity index (χ2v) is 5.91. The van der Waals surface area contributed by atoms with Crippen LogP contribution in [0.4, 0.5) is 4.39 Å². The molecule has 0 spiro atoms. The predicted molar refractivity (Wildman–Crippen MR) is 91.8 cm³/mol. The molecule has 0 aliphatic rings. The molecule has 0 aliphatic heterocycles. The highest BCUT2D eigenvalue weighted by atomic mass is 127. The van der Waals surface area contributed by atoms with E-state index in [2.05, 4.69) is 0 Å². The average molecular weight is 408 g/mol. The summed E-state index contributed by atoms with van der Waals surface area (Å²) in [7, 11) is 0. The molecular weight excluding hydrogens is 394 g/mol. The van der Waals surface area contributed by atoms with E-state index in [0.717, 1.165) is 11.1 Å². The van der Waals surface area contributed by atoms with Crippen molar-refractivity contribution in [2.75, 3.05) is 0 Å². The molecule has 22 heavy (non-hydrogen) atoms. The molecule has 0 unspecified atom stereocenters. The van der Waals surface area contributed by atoms with Gasteiger partial charge in [-0.15, -0.1) is 0 Å². The minimum Gasteiger partial charge on any atom is -0.454 e. The second kappa shape index (κ2) is 7.07. The van der Waals surface area contributed by atoms with Gasteiger partial charge in [0.05, 0.1) is 10.2 Å². The molecule has 1 heterocycles. The van der Waals surface area contributed by atoms with Crippen LogP contribution in [0.25, 0.3) is 11.3 Å². The predicted octanol–water partition coefficient (Wildman–Crippen LogP) is 5.41. The number of benzene rings is 2. The Balaban J connectivity index is 1.72. The number of halogens is 2. The van der Waals surface area contributed by atoms with Crippen LogP contribution in [-0.4, -0.2) is 0 Å². The number of rotatable bonds is 5. The molecule has 0 saturated heterocycles. The Morgan fingerprint density at radius 1 is 0.909 bits per heavy atom. The van der Waals surface area contributed by atoms with Gasteiger partial charge in [-0.1, -0.05) is 60.7 Å². The van der Waals surface area contributed by atoms with Gasteiger partial charge in [-0.05, 0) is 28.2 Å². The fourth-order valence-corrected chi connectivity index (χ4v) is 2.65. The third kappa shape index (κ3) is 3.39. The zero-order valence-electron chi connectivity index (χ0n) is 11.8. The Morgan fingerprint density at radius 3 is 2.23 bits per heavy atom. The average Bonchev–Trinajstić information content (AvgIpc) is 2.85. The van der Waals surface area contributed by atoms with Crippen molar-refractivity contribution in [3.63, 3.8) is 0 Å². The van der Waals surface area contributed by atoms with Crippen molar-refractivity contribution in [1.82, 2.24) is 0 Å². The fourth-order valence-electron chi connectivity index (χ4n) is 2.14. The molecule has 4 heteroatoms. The summed E-state index contributed by atoms with van der Waals surface area (Å²) in [4.78, 5) is 0. The van der Waals surface area contributed by atoms with Crippen LogP contribution in [0.15, 0.2) is 65.1 Å². The summed E-state index contributed by atoms with van der Waals surface area (Å²) in [5.74, 6) is 0.460. The number of hydrogen-bond acceptors (Lipinski definition) is 2. The Morgan fingerprint density at radius 2 is 1.55 bits per heavy atom. The van der Waals surface area contributed by atoms with Crippen molar-refractivity contribution < 1.29 is 13.5 Å². The molecule has 1 aromatic heterocycles. The minimum absolute atomic E-state index is 0.247. The van der Waals surface area contributed by atoms with Crippen LogP contribution in [0.5, 0.6) is 0 Å². The van der Waals surface area contributed by atoms with Crippen LogP contribution in [0.2, 0.25) is 0 Å². The fraction of sp³-hybridized carbons (Fsp3) is 0.111. The Labute approximate surface area is 142 Å². The van der Waals surface area contributed by atoms with Gasteiger partial charge in [0.15, 0.2) is 11.6 Å². The first kappa shape index (κ1) is 15.2. The SMILES string of the molecule is Fc1c(-c2ccccc2)oc(COCc2ccccc2)c1I. The maximum absolute atomic E-state index is 14.3. The Bertz CT molecular complexity index is 739. The van der Waals surface area contributed by atoms with Crippen molar-refractivity contribution in [2.45, 2.75) is 13.2 Å². The lowest BCUT2D eigenvalue weighted by molar-refractivity contribution is 0.0927. The largest absolute Gasteiger partial charge is 0.454 e. The summed E-state index contributed by atoms with van der Waals surface area (Å²) in [6.07, 6.45) is 0. The standard InChI is InChI=1S/C18H14FIO2/c19-16-17(20)15(12-21-11-13-7-3-1-4-8-13)22-18(16)14-9-5-2-6-10-14/h1-10H,11-12H2. The molecule has 3 aromatic rings. The van der Waals surface area contributed by atoms with E-state index < -0.39 is 0 Å².